The summed E-state index contributed by atoms with van der Waals surface area (Å²) in [6.45, 7) is 4.54. The molecule has 1 aromatic carbocycles. The third-order valence-electron chi connectivity index (χ3n) is 3.45. The fraction of sp³-hybridized carbons (Fsp3) is 0.533. The summed E-state index contributed by atoms with van der Waals surface area (Å²) < 4.78 is 5.36. The van der Waals surface area contributed by atoms with Crippen LogP contribution in [-0.4, -0.2) is 50.2 Å². The predicted molar refractivity (Wildman–Crippen MR) is 85.5 cm³/mol. The molecule has 0 spiro atoms. The number of nitrogens with two attached hydrogens (primary N) is 1. The maximum absolute atomic E-state index is 11.8. The highest BCUT2D eigenvalue weighted by Crippen LogP contribution is 2.15. The second-order valence-electron chi connectivity index (χ2n) is 4.98. The van der Waals surface area contributed by atoms with Crippen LogP contribution in [0.4, 0.5) is 0 Å². The van der Waals surface area contributed by atoms with Gasteiger partial charge in [0.25, 0.3) is 0 Å². The molecule has 0 aromatic heterocycles. The molecule has 1 aliphatic heterocycles. The van der Waals surface area contributed by atoms with E-state index in [1.165, 1.54) is 0 Å². The van der Waals surface area contributed by atoms with Gasteiger partial charge in [-0.15, -0.1) is 12.4 Å². The number of hydrogen-bond acceptors (Lipinski definition) is 4. The average Bonchev–Trinajstić information content (AvgIpc) is 2.49. The number of amides is 1. The molecule has 0 saturated carbocycles. The zero-order valence-electron chi connectivity index (χ0n) is 12.2. The Hall–Kier alpha value is -1.14. The Balaban J connectivity index is 0.00000220. The second-order valence-corrected chi connectivity index (χ2v) is 4.98. The van der Waals surface area contributed by atoms with Crippen molar-refractivity contribution in [3.63, 3.8) is 0 Å². The molecule has 118 valence electrons. The van der Waals surface area contributed by atoms with E-state index >= 15 is 0 Å². The highest BCUT2D eigenvalue weighted by atomic mass is 35.5. The first-order valence-corrected chi connectivity index (χ1v) is 7.14. The molecule has 0 bridgehead atoms. The highest BCUT2D eigenvalue weighted by Gasteiger charge is 2.19. The smallest absolute Gasteiger partial charge is 0.221 e. The van der Waals surface area contributed by atoms with Crippen LogP contribution < -0.4 is 11.1 Å². The minimum absolute atomic E-state index is 0. The largest absolute Gasteiger partial charge is 0.379 e. The summed E-state index contributed by atoms with van der Waals surface area (Å²) in [7, 11) is 0. The molecular formula is C15H24ClN3O2. The Bertz CT molecular complexity index is 411. The van der Waals surface area contributed by atoms with E-state index in [-0.39, 0.29) is 24.4 Å². The van der Waals surface area contributed by atoms with E-state index in [9.17, 15) is 4.79 Å². The highest BCUT2D eigenvalue weighted by molar-refractivity contribution is 5.85. The summed E-state index contributed by atoms with van der Waals surface area (Å²) >= 11 is 0. The third kappa shape index (κ3) is 6.01. The van der Waals surface area contributed by atoms with Crippen LogP contribution in [0.15, 0.2) is 30.3 Å². The number of morpholine rings is 1. The van der Waals surface area contributed by atoms with Gasteiger partial charge in [-0.3, -0.25) is 9.69 Å². The summed E-state index contributed by atoms with van der Waals surface area (Å²) in [6.07, 6.45) is 0.368. The van der Waals surface area contributed by atoms with Gasteiger partial charge in [0, 0.05) is 32.6 Å². The summed E-state index contributed by atoms with van der Waals surface area (Å²) in [6, 6.07) is 10.1. The Morgan fingerprint density at radius 1 is 1.29 bits per heavy atom. The monoisotopic (exact) mass is 313 g/mol. The van der Waals surface area contributed by atoms with E-state index in [1.54, 1.807) is 0 Å². The third-order valence-corrected chi connectivity index (χ3v) is 3.45. The molecule has 1 amide bonds. The van der Waals surface area contributed by atoms with Crippen molar-refractivity contribution in [3.05, 3.63) is 35.9 Å². The first kappa shape index (κ1) is 17.9. The van der Waals surface area contributed by atoms with Gasteiger partial charge in [0.1, 0.15) is 0 Å². The van der Waals surface area contributed by atoms with Crippen molar-refractivity contribution in [2.45, 2.75) is 12.5 Å². The van der Waals surface area contributed by atoms with Crippen LogP contribution in [-0.2, 0) is 9.53 Å². The lowest BCUT2D eigenvalue weighted by Gasteiger charge is -2.31. The Morgan fingerprint density at radius 2 is 1.95 bits per heavy atom. The fourth-order valence-electron chi connectivity index (χ4n) is 2.36. The van der Waals surface area contributed by atoms with E-state index < -0.39 is 0 Å². The van der Waals surface area contributed by atoms with Crippen molar-refractivity contribution in [1.82, 2.24) is 10.2 Å². The number of rotatable bonds is 6. The molecule has 3 N–H and O–H groups in total. The SMILES string of the molecule is Cl.NCCC(=O)NC(CN1CCOCC1)c1ccccc1. The van der Waals surface area contributed by atoms with E-state index in [0.717, 1.165) is 38.4 Å². The molecule has 2 rings (SSSR count). The molecule has 1 atom stereocenters. The number of benzene rings is 1. The minimum atomic E-state index is 0. The van der Waals surface area contributed by atoms with Gasteiger partial charge >= 0.3 is 0 Å². The Kier molecular flexibility index (Phi) is 8.30. The summed E-state index contributed by atoms with van der Waals surface area (Å²) in [5.74, 6) is 0.00890. The maximum atomic E-state index is 11.8. The topological polar surface area (TPSA) is 67.6 Å². The molecule has 1 saturated heterocycles. The number of ether oxygens (including phenoxy) is 1. The standard InChI is InChI=1S/C15H23N3O2.ClH/c16-7-6-15(19)17-14(13-4-2-1-3-5-13)12-18-8-10-20-11-9-18;/h1-5,14H,6-12,16H2,(H,17,19);1H. The van der Waals surface area contributed by atoms with Gasteiger partial charge < -0.3 is 15.8 Å². The van der Waals surface area contributed by atoms with Crippen LogP contribution in [0, 0.1) is 0 Å². The van der Waals surface area contributed by atoms with E-state index in [2.05, 4.69) is 10.2 Å². The molecule has 1 unspecified atom stereocenters. The van der Waals surface area contributed by atoms with Crippen LogP contribution in [0.5, 0.6) is 0 Å². The lowest BCUT2D eigenvalue weighted by atomic mass is 10.1. The second kappa shape index (κ2) is 9.73. The quantitative estimate of drug-likeness (QED) is 0.820. The van der Waals surface area contributed by atoms with Gasteiger partial charge in [-0.1, -0.05) is 30.3 Å². The molecule has 1 fully saturated rings. The van der Waals surface area contributed by atoms with Crippen molar-refractivity contribution in [1.29, 1.82) is 0 Å². The van der Waals surface area contributed by atoms with Crippen LogP contribution in [0.25, 0.3) is 0 Å². The van der Waals surface area contributed by atoms with Gasteiger partial charge in [-0.05, 0) is 5.56 Å². The van der Waals surface area contributed by atoms with Crippen molar-refractivity contribution in [3.8, 4) is 0 Å². The maximum Gasteiger partial charge on any atom is 0.221 e. The number of nitrogens with one attached hydrogen (secondary N) is 1. The van der Waals surface area contributed by atoms with E-state index in [1.807, 2.05) is 30.3 Å². The zero-order valence-corrected chi connectivity index (χ0v) is 13.0. The molecule has 0 aliphatic carbocycles. The molecule has 6 heteroatoms. The Labute approximate surface area is 132 Å². The van der Waals surface area contributed by atoms with Gasteiger partial charge in [0.2, 0.25) is 5.91 Å². The number of carbonyl (C=O) groups excluding carboxylic acids is 1. The molecule has 1 aromatic rings. The predicted octanol–water partition coefficient (Wildman–Crippen LogP) is 0.947. The normalized spacial score (nSPS) is 16.8. The van der Waals surface area contributed by atoms with Crippen LogP contribution in [0.1, 0.15) is 18.0 Å². The van der Waals surface area contributed by atoms with E-state index in [0.29, 0.717) is 13.0 Å². The van der Waals surface area contributed by atoms with Gasteiger partial charge in [0.15, 0.2) is 0 Å². The van der Waals surface area contributed by atoms with Gasteiger partial charge in [-0.25, -0.2) is 0 Å². The summed E-state index contributed by atoms with van der Waals surface area (Å²) in [5, 5.41) is 3.08. The molecule has 1 aliphatic rings. The van der Waals surface area contributed by atoms with Crippen molar-refractivity contribution < 1.29 is 9.53 Å². The van der Waals surface area contributed by atoms with Crippen molar-refractivity contribution in [2.75, 3.05) is 39.4 Å². The average molecular weight is 314 g/mol. The van der Waals surface area contributed by atoms with Crippen molar-refractivity contribution >= 4 is 18.3 Å². The lowest BCUT2D eigenvalue weighted by Crippen LogP contribution is -2.43. The number of hydrogen-bond donors (Lipinski definition) is 2. The summed E-state index contributed by atoms with van der Waals surface area (Å²) in [5.41, 5.74) is 6.57. The molecule has 0 radical (unpaired) electrons. The molecule has 21 heavy (non-hydrogen) atoms. The van der Waals surface area contributed by atoms with Crippen LogP contribution >= 0.6 is 12.4 Å². The zero-order chi connectivity index (χ0) is 14.2. The molecule has 1 heterocycles. The minimum Gasteiger partial charge on any atom is -0.379 e. The molecule has 5 nitrogen and oxygen atoms in total. The van der Waals surface area contributed by atoms with Gasteiger partial charge in [0.05, 0.1) is 19.3 Å². The summed E-state index contributed by atoms with van der Waals surface area (Å²) in [4.78, 5) is 14.2. The van der Waals surface area contributed by atoms with E-state index in [4.69, 9.17) is 10.5 Å². The number of nitrogens with zero attached hydrogens (tertiary/aromatic N) is 1. The van der Waals surface area contributed by atoms with Crippen LogP contribution in [0.3, 0.4) is 0 Å². The number of carbonyl (C=O) groups is 1. The first-order valence-electron chi connectivity index (χ1n) is 7.14. The number of halogens is 1. The molecular weight excluding hydrogens is 290 g/mol. The first-order chi connectivity index (χ1) is 9.79. The van der Waals surface area contributed by atoms with Gasteiger partial charge in [-0.2, -0.15) is 0 Å². The van der Waals surface area contributed by atoms with Crippen molar-refractivity contribution in [2.24, 2.45) is 5.73 Å². The van der Waals surface area contributed by atoms with Crippen LogP contribution in [0.2, 0.25) is 0 Å². The fourth-order valence-corrected chi connectivity index (χ4v) is 2.36. The Morgan fingerprint density at radius 3 is 2.57 bits per heavy atom. The lowest BCUT2D eigenvalue weighted by molar-refractivity contribution is -0.121.